The summed E-state index contributed by atoms with van der Waals surface area (Å²) >= 11 is 0. The molecule has 1 fully saturated rings. The van der Waals surface area contributed by atoms with E-state index in [-0.39, 0.29) is 0 Å². The lowest BCUT2D eigenvalue weighted by atomic mass is 10.0. The largest absolute Gasteiger partial charge is 0.347 e. The van der Waals surface area contributed by atoms with Gasteiger partial charge >= 0.3 is 0 Å². The smallest absolute Gasteiger partial charge is 0.183 e. The molecule has 0 N–H and O–H groups in total. The van der Waals surface area contributed by atoms with Gasteiger partial charge in [-0.25, -0.2) is 0 Å². The van der Waals surface area contributed by atoms with E-state index in [0.717, 1.165) is 13.1 Å². The zero-order valence-corrected chi connectivity index (χ0v) is 9.04. The first-order chi connectivity index (χ1) is 5.61. The number of hydrogen-bond acceptors (Lipinski definition) is 2. The van der Waals surface area contributed by atoms with Crippen LogP contribution in [0, 0.1) is 0 Å². The summed E-state index contributed by atoms with van der Waals surface area (Å²) in [5, 5.41) is 0. The highest BCUT2D eigenvalue weighted by atomic mass is 15.2. The zero-order valence-electron chi connectivity index (χ0n) is 9.04. The van der Waals surface area contributed by atoms with Crippen molar-refractivity contribution < 1.29 is 0 Å². The Morgan fingerprint density at radius 2 is 1.42 bits per heavy atom. The van der Waals surface area contributed by atoms with Gasteiger partial charge in [0.2, 0.25) is 0 Å². The molecule has 0 aromatic rings. The van der Waals surface area contributed by atoms with Crippen molar-refractivity contribution >= 4 is 7.98 Å². The maximum atomic E-state index is 5.79. The van der Waals surface area contributed by atoms with Crippen LogP contribution in [0.4, 0.5) is 0 Å². The molecule has 0 aliphatic carbocycles. The van der Waals surface area contributed by atoms with Gasteiger partial charge in [0.25, 0.3) is 0 Å². The highest BCUT2D eigenvalue weighted by Crippen LogP contribution is 2.10. The molecule has 1 aliphatic rings. The van der Waals surface area contributed by atoms with E-state index in [1.165, 1.54) is 0 Å². The lowest BCUT2D eigenvalue weighted by molar-refractivity contribution is 0.126. The lowest BCUT2D eigenvalue weighted by Gasteiger charge is -2.41. The first kappa shape index (κ1) is 12.0. The predicted molar refractivity (Wildman–Crippen MR) is 55.4 cm³/mol. The average Bonchev–Trinajstić information content (AvgIpc) is 2.04. The van der Waals surface area contributed by atoms with Crippen molar-refractivity contribution in [3.8, 4) is 0 Å². The number of rotatable bonds is 0. The van der Waals surface area contributed by atoms with Crippen LogP contribution in [-0.2, 0) is 0 Å². The van der Waals surface area contributed by atoms with Gasteiger partial charge in [0.15, 0.2) is 7.98 Å². The van der Waals surface area contributed by atoms with Crippen molar-refractivity contribution in [2.24, 2.45) is 0 Å². The second-order valence-corrected chi connectivity index (χ2v) is 3.37. The third-order valence-electron chi connectivity index (χ3n) is 2.17. The SMILES string of the molecule is CC.[B]N1C(C)CN(C)CC1C. The van der Waals surface area contributed by atoms with E-state index in [9.17, 15) is 0 Å². The van der Waals surface area contributed by atoms with E-state index < -0.39 is 0 Å². The van der Waals surface area contributed by atoms with Crippen LogP contribution in [0.2, 0.25) is 0 Å². The van der Waals surface area contributed by atoms with Gasteiger partial charge in [0.05, 0.1) is 0 Å². The third-order valence-corrected chi connectivity index (χ3v) is 2.17. The van der Waals surface area contributed by atoms with Crippen molar-refractivity contribution in [1.82, 2.24) is 9.71 Å². The van der Waals surface area contributed by atoms with Crippen molar-refractivity contribution in [1.29, 1.82) is 0 Å². The highest BCUT2D eigenvalue weighted by molar-refractivity contribution is 6.04. The molecule has 1 aliphatic heterocycles. The molecule has 0 bridgehead atoms. The number of piperazine rings is 1. The minimum atomic E-state index is 0.494. The Labute approximate surface area is 78.4 Å². The van der Waals surface area contributed by atoms with Crippen molar-refractivity contribution in [3.05, 3.63) is 0 Å². The molecule has 3 heteroatoms. The van der Waals surface area contributed by atoms with E-state index in [0.29, 0.717) is 12.1 Å². The fraction of sp³-hybridized carbons (Fsp3) is 1.00. The summed E-state index contributed by atoms with van der Waals surface area (Å²) in [6.07, 6.45) is 0. The van der Waals surface area contributed by atoms with Crippen molar-refractivity contribution in [3.63, 3.8) is 0 Å². The van der Waals surface area contributed by atoms with E-state index in [2.05, 4.69) is 25.8 Å². The Bertz CT molecular complexity index is 107. The van der Waals surface area contributed by atoms with Crippen molar-refractivity contribution in [2.45, 2.75) is 39.8 Å². The van der Waals surface area contributed by atoms with Gasteiger partial charge in [-0.15, -0.1) is 0 Å². The maximum Gasteiger partial charge on any atom is 0.183 e. The van der Waals surface area contributed by atoms with Crippen LogP contribution in [-0.4, -0.2) is 49.9 Å². The van der Waals surface area contributed by atoms with E-state index in [1.807, 2.05) is 18.7 Å². The fourth-order valence-corrected chi connectivity index (χ4v) is 1.60. The van der Waals surface area contributed by atoms with Gasteiger partial charge in [-0.05, 0) is 20.9 Å². The topological polar surface area (TPSA) is 6.48 Å². The monoisotopic (exact) mass is 168 g/mol. The molecular formula is C9H21BN2. The molecule has 1 saturated heterocycles. The molecule has 0 amide bonds. The lowest BCUT2D eigenvalue weighted by Crippen LogP contribution is -2.54. The first-order valence-electron chi connectivity index (χ1n) is 4.83. The molecule has 1 rings (SSSR count). The molecule has 70 valence electrons. The third kappa shape index (κ3) is 3.15. The Morgan fingerprint density at radius 1 is 1.08 bits per heavy atom. The summed E-state index contributed by atoms with van der Waals surface area (Å²) < 4.78 is 0. The van der Waals surface area contributed by atoms with Crippen LogP contribution in [0.3, 0.4) is 0 Å². The van der Waals surface area contributed by atoms with Gasteiger partial charge in [-0.3, -0.25) is 0 Å². The quantitative estimate of drug-likeness (QED) is 0.500. The van der Waals surface area contributed by atoms with Gasteiger partial charge in [0.1, 0.15) is 0 Å². The zero-order chi connectivity index (χ0) is 9.72. The summed E-state index contributed by atoms with van der Waals surface area (Å²) in [5.74, 6) is 0. The highest BCUT2D eigenvalue weighted by Gasteiger charge is 2.22. The molecule has 2 atom stereocenters. The fourth-order valence-electron chi connectivity index (χ4n) is 1.60. The normalized spacial score (nSPS) is 32.4. The second kappa shape index (κ2) is 5.60. The Balaban J connectivity index is 0.000000561. The van der Waals surface area contributed by atoms with Crippen LogP contribution >= 0.6 is 0 Å². The minimum absolute atomic E-state index is 0.494. The second-order valence-electron chi connectivity index (χ2n) is 3.37. The summed E-state index contributed by atoms with van der Waals surface area (Å²) in [5.41, 5.74) is 0. The molecule has 0 spiro atoms. The molecule has 0 saturated carbocycles. The summed E-state index contributed by atoms with van der Waals surface area (Å²) in [6.45, 7) is 10.5. The minimum Gasteiger partial charge on any atom is -0.347 e. The van der Waals surface area contributed by atoms with Crippen LogP contribution in [0.1, 0.15) is 27.7 Å². The number of likely N-dealkylation sites (N-methyl/N-ethyl adjacent to an activating group) is 1. The van der Waals surface area contributed by atoms with Gasteiger partial charge in [-0.1, -0.05) is 13.8 Å². The Hall–Kier alpha value is -0.0151. The molecule has 1 heterocycles. The maximum absolute atomic E-state index is 5.79. The van der Waals surface area contributed by atoms with Gasteiger partial charge in [0, 0.05) is 25.2 Å². The molecule has 0 aromatic carbocycles. The van der Waals surface area contributed by atoms with Crippen LogP contribution in [0.5, 0.6) is 0 Å². The number of hydrogen-bond donors (Lipinski definition) is 0. The predicted octanol–water partition coefficient (Wildman–Crippen LogP) is 1.12. The Kier molecular flexibility index (Phi) is 5.59. The van der Waals surface area contributed by atoms with Crippen LogP contribution in [0.25, 0.3) is 0 Å². The van der Waals surface area contributed by atoms with E-state index in [1.54, 1.807) is 0 Å². The van der Waals surface area contributed by atoms with Crippen LogP contribution < -0.4 is 0 Å². The summed E-state index contributed by atoms with van der Waals surface area (Å²) in [6, 6.07) is 0.988. The van der Waals surface area contributed by atoms with E-state index in [4.69, 9.17) is 7.98 Å². The molecule has 0 aromatic heterocycles. The molecular weight excluding hydrogens is 147 g/mol. The Morgan fingerprint density at radius 3 is 1.75 bits per heavy atom. The molecule has 2 nitrogen and oxygen atoms in total. The van der Waals surface area contributed by atoms with Crippen LogP contribution in [0.15, 0.2) is 0 Å². The number of nitrogens with zero attached hydrogens (tertiary/aromatic N) is 2. The average molecular weight is 168 g/mol. The van der Waals surface area contributed by atoms with Gasteiger partial charge in [-0.2, -0.15) is 0 Å². The standard InChI is InChI=1S/C7H15BN2.C2H6/c1-6-4-9(3)5-7(2)10(6)8;1-2/h6-7H,4-5H2,1-3H3;1-2H3. The van der Waals surface area contributed by atoms with Gasteiger partial charge < -0.3 is 9.71 Å². The summed E-state index contributed by atoms with van der Waals surface area (Å²) in [7, 11) is 7.93. The summed E-state index contributed by atoms with van der Waals surface area (Å²) in [4.78, 5) is 4.26. The molecule has 2 unspecified atom stereocenters. The molecule has 12 heavy (non-hydrogen) atoms. The van der Waals surface area contributed by atoms with Crippen molar-refractivity contribution in [2.75, 3.05) is 20.1 Å². The first-order valence-corrected chi connectivity index (χ1v) is 4.83. The van der Waals surface area contributed by atoms with E-state index >= 15 is 0 Å². The molecule has 2 radical (unpaired) electrons.